The first-order valence-corrected chi connectivity index (χ1v) is 5.04. The Bertz CT molecular complexity index is 443. The Morgan fingerprint density at radius 3 is 2.56 bits per heavy atom. The number of ether oxygens (including phenoxy) is 2. The lowest BCUT2D eigenvalue weighted by atomic mass is 10.3. The highest BCUT2D eigenvalue weighted by atomic mass is 16.5. The molecule has 0 bridgehead atoms. The third kappa shape index (κ3) is 2.73. The van der Waals surface area contributed by atoms with Gasteiger partial charge in [0, 0.05) is 18.5 Å². The van der Waals surface area contributed by atoms with E-state index in [0.717, 1.165) is 17.1 Å². The second-order valence-electron chi connectivity index (χ2n) is 3.32. The van der Waals surface area contributed by atoms with Gasteiger partial charge >= 0.3 is 0 Å². The lowest BCUT2D eigenvalue weighted by Crippen LogP contribution is -1.95. The average molecular weight is 215 g/mol. The minimum atomic E-state index is 0.537. The summed E-state index contributed by atoms with van der Waals surface area (Å²) in [5, 5.41) is 0. The van der Waals surface area contributed by atoms with E-state index in [-0.39, 0.29) is 0 Å². The van der Waals surface area contributed by atoms with E-state index in [2.05, 4.69) is 4.98 Å². The molecular weight excluding hydrogens is 202 g/mol. The molecule has 0 N–H and O–H groups in total. The fraction of sp³-hybridized carbons (Fsp3) is 0.154. The van der Waals surface area contributed by atoms with E-state index in [0.29, 0.717) is 6.61 Å². The number of hydrogen-bond donors (Lipinski definition) is 0. The van der Waals surface area contributed by atoms with Crippen LogP contribution in [0.15, 0.2) is 48.8 Å². The standard InChI is InChI=1S/C13H13NO2/c1-15-12-3-2-4-13(9-12)16-10-11-5-7-14-8-6-11/h2-9H,10H2,1H3. The van der Waals surface area contributed by atoms with Crippen molar-refractivity contribution in [1.82, 2.24) is 4.98 Å². The predicted octanol–water partition coefficient (Wildman–Crippen LogP) is 2.67. The Morgan fingerprint density at radius 1 is 1.06 bits per heavy atom. The molecule has 0 fully saturated rings. The van der Waals surface area contributed by atoms with Crippen molar-refractivity contribution in [3.63, 3.8) is 0 Å². The number of nitrogens with zero attached hydrogens (tertiary/aromatic N) is 1. The van der Waals surface area contributed by atoms with Crippen LogP contribution in [0, 0.1) is 0 Å². The van der Waals surface area contributed by atoms with Crippen molar-refractivity contribution < 1.29 is 9.47 Å². The van der Waals surface area contributed by atoms with Crippen LogP contribution in [-0.2, 0) is 6.61 Å². The number of rotatable bonds is 4. The van der Waals surface area contributed by atoms with Crippen LogP contribution in [0.1, 0.15) is 5.56 Å². The zero-order valence-corrected chi connectivity index (χ0v) is 9.09. The van der Waals surface area contributed by atoms with Gasteiger partial charge in [0.2, 0.25) is 0 Å². The SMILES string of the molecule is COc1cccc(OCc2ccncc2)c1. The van der Waals surface area contributed by atoms with Crippen LogP contribution >= 0.6 is 0 Å². The first-order valence-electron chi connectivity index (χ1n) is 5.04. The summed E-state index contributed by atoms with van der Waals surface area (Å²) in [6.45, 7) is 0.537. The molecular formula is C13H13NO2. The third-order valence-electron chi connectivity index (χ3n) is 2.20. The Morgan fingerprint density at radius 2 is 1.81 bits per heavy atom. The van der Waals surface area contributed by atoms with Gasteiger partial charge in [-0.05, 0) is 29.8 Å². The second kappa shape index (κ2) is 5.16. The molecule has 0 saturated carbocycles. The fourth-order valence-electron chi connectivity index (χ4n) is 1.34. The largest absolute Gasteiger partial charge is 0.497 e. The summed E-state index contributed by atoms with van der Waals surface area (Å²) in [7, 11) is 1.64. The highest BCUT2D eigenvalue weighted by Crippen LogP contribution is 2.19. The summed E-state index contributed by atoms with van der Waals surface area (Å²) >= 11 is 0. The smallest absolute Gasteiger partial charge is 0.123 e. The van der Waals surface area contributed by atoms with E-state index in [1.54, 1.807) is 19.5 Å². The zero-order valence-electron chi connectivity index (χ0n) is 9.09. The first-order chi connectivity index (χ1) is 7.88. The highest BCUT2D eigenvalue weighted by Gasteiger charge is 1.97. The van der Waals surface area contributed by atoms with Crippen molar-refractivity contribution >= 4 is 0 Å². The molecule has 2 rings (SSSR count). The zero-order chi connectivity index (χ0) is 11.2. The van der Waals surface area contributed by atoms with Crippen LogP contribution in [0.2, 0.25) is 0 Å². The normalized spacial score (nSPS) is 9.81. The predicted molar refractivity (Wildman–Crippen MR) is 61.6 cm³/mol. The Balaban J connectivity index is 1.99. The molecule has 1 aromatic carbocycles. The van der Waals surface area contributed by atoms with Gasteiger partial charge in [0.15, 0.2) is 0 Å². The number of pyridine rings is 1. The van der Waals surface area contributed by atoms with Gasteiger partial charge in [0.1, 0.15) is 18.1 Å². The van der Waals surface area contributed by atoms with Crippen LogP contribution < -0.4 is 9.47 Å². The number of hydrogen-bond acceptors (Lipinski definition) is 3. The fourth-order valence-corrected chi connectivity index (χ4v) is 1.34. The van der Waals surface area contributed by atoms with Crippen molar-refractivity contribution in [1.29, 1.82) is 0 Å². The van der Waals surface area contributed by atoms with E-state index < -0.39 is 0 Å². The molecule has 1 aromatic heterocycles. The van der Waals surface area contributed by atoms with Gasteiger partial charge in [0.25, 0.3) is 0 Å². The van der Waals surface area contributed by atoms with Crippen LogP contribution in [0.4, 0.5) is 0 Å². The van der Waals surface area contributed by atoms with Crippen molar-refractivity contribution in [2.24, 2.45) is 0 Å². The van der Waals surface area contributed by atoms with Crippen LogP contribution in [-0.4, -0.2) is 12.1 Å². The van der Waals surface area contributed by atoms with Gasteiger partial charge in [-0.3, -0.25) is 4.98 Å². The summed E-state index contributed by atoms with van der Waals surface area (Å²) in [4.78, 5) is 3.95. The molecule has 16 heavy (non-hydrogen) atoms. The van der Waals surface area contributed by atoms with E-state index >= 15 is 0 Å². The van der Waals surface area contributed by atoms with E-state index in [1.165, 1.54) is 0 Å². The van der Waals surface area contributed by atoms with E-state index in [9.17, 15) is 0 Å². The van der Waals surface area contributed by atoms with Gasteiger partial charge in [-0.25, -0.2) is 0 Å². The van der Waals surface area contributed by atoms with Crippen molar-refractivity contribution in [2.45, 2.75) is 6.61 Å². The van der Waals surface area contributed by atoms with E-state index in [1.807, 2.05) is 36.4 Å². The molecule has 2 aromatic rings. The lowest BCUT2D eigenvalue weighted by Gasteiger charge is -2.07. The lowest BCUT2D eigenvalue weighted by molar-refractivity contribution is 0.303. The maximum absolute atomic E-state index is 5.63. The van der Waals surface area contributed by atoms with Gasteiger partial charge in [0.05, 0.1) is 7.11 Å². The molecule has 0 aliphatic rings. The molecule has 0 saturated heterocycles. The van der Waals surface area contributed by atoms with Crippen LogP contribution in [0.3, 0.4) is 0 Å². The molecule has 82 valence electrons. The Kier molecular flexibility index (Phi) is 3.38. The molecule has 1 heterocycles. The minimum absolute atomic E-state index is 0.537. The molecule has 0 spiro atoms. The highest BCUT2D eigenvalue weighted by molar-refractivity contribution is 5.33. The van der Waals surface area contributed by atoms with Gasteiger partial charge in [-0.1, -0.05) is 6.07 Å². The van der Waals surface area contributed by atoms with Crippen molar-refractivity contribution in [2.75, 3.05) is 7.11 Å². The molecule has 0 radical (unpaired) electrons. The molecule has 3 nitrogen and oxygen atoms in total. The maximum Gasteiger partial charge on any atom is 0.123 e. The summed E-state index contributed by atoms with van der Waals surface area (Å²) in [6.07, 6.45) is 3.51. The van der Waals surface area contributed by atoms with Gasteiger partial charge < -0.3 is 9.47 Å². The topological polar surface area (TPSA) is 31.4 Å². The number of benzene rings is 1. The average Bonchev–Trinajstić information content (AvgIpc) is 2.38. The van der Waals surface area contributed by atoms with Gasteiger partial charge in [-0.15, -0.1) is 0 Å². The molecule has 0 amide bonds. The molecule has 0 unspecified atom stereocenters. The summed E-state index contributed by atoms with van der Waals surface area (Å²) in [5.41, 5.74) is 1.10. The van der Waals surface area contributed by atoms with Crippen LogP contribution in [0.5, 0.6) is 11.5 Å². The Hall–Kier alpha value is -2.03. The number of aromatic nitrogens is 1. The third-order valence-corrected chi connectivity index (χ3v) is 2.20. The molecule has 0 aliphatic heterocycles. The van der Waals surface area contributed by atoms with Crippen molar-refractivity contribution in [3.05, 3.63) is 54.4 Å². The Labute approximate surface area is 94.7 Å². The molecule has 0 aliphatic carbocycles. The minimum Gasteiger partial charge on any atom is -0.497 e. The van der Waals surface area contributed by atoms with Gasteiger partial charge in [-0.2, -0.15) is 0 Å². The maximum atomic E-state index is 5.63. The van der Waals surface area contributed by atoms with Crippen LogP contribution in [0.25, 0.3) is 0 Å². The quantitative estimate of drug-likeness (QED) is 0.785. The second-order valence-corrected chi connectivity index (χ2v) is 3.32. The molecule has 0 atom stereocenters. The number of methoxy groups -OCH3 is 1. The van der Waals surface area contributed by atoms with Crippen molar-refractivity contribution in [3.8, 4) is 11.5 Å². The first kappa shape index (κ1) is 10.5. The monoisotopic (exact) mass is 215 g/mol. The molecule has 3 heteroatoms. The summed E-state index contributed by atoms with van der Waals surface area (Å²) in [6, 6.07) is 11.4. The van der Waals surface area contributed by atoms with E-state index in [4.69, 9.17) is 9.47 Å². The summed E-state index contributed by atoms with van der Waals surface area (Å²) in [5.74, 6) is 1.60. The summed E-state index contributed by atoms with van der Waals surface area (Å²) < 4.78 is 10.7.